The number of hydrogen-bond acceptors (Lipinski definition) is 3. The molecule has 0 amide bonds. The number of phenols is 1. The van der Waals surface area contributed by atoms with Gasteiger partial charge >= 0.3 is 29.6 Å². The predicted octanol–water partition coefficient (Wildman–Crippen LogP) is 0.923. The van der Waals surface area contributed by atoms with Gasteiger partial charge in [-0.15, -0.1) is 0 Å². The quantitative estimate of drug-likeness (QED) is 0.560. The summed E-state index contributed by atoms with van der Waals surface area (Å²) < 4.78 is 4.15. The number of aromatic hydroxyl groups is 1. The first-order valence-corrected chi connectivity index (χ1v) is 3.60. The molecule has 3 nitrogen and oxygen atoms in total. The molecule has 0 aliphatic heterocycles. The maximum atomic E-state index is 9.18. The molecule has 0 saturated carbocycles. The van der Waals surface area contributed by atoms with Gasteiger partial charge in [0.1, 0.15) is 5.75 Å². The second kappa shape index (κ2) is 11.5. The number of para-hydroxylation sites is 1. The Balaban J connectivity index is 0. The van der Waals surface area contributed by atoms with Gasteiger partial charge in [-0.3, -0.25) is 4.79 Å². The van der Waals surface area contributed by atoms with Crippen molar-refractivity contribution < 1.29 is 14.6 Å². The molecule has 0 unspecified atom stereocenters. The van der Waals surface area contributed by atoms with Crippen LogP contribution >= 0.6 is 0 Å². The fourth-order valence-corrected chi connectivity index (χ4v) is 0.496. The predicted molar refractivity (Wildman–Crippen MR) is 52.9 cm³/mol. The van der Waals surface area contributed by atoms with Crippen LogP contribution in [0.4, 0.5) is 0 Å². The summed E-state index contributed by atoms with van der Waals surface area (Å²) in [4.78, 5) is 9.18. The molecular weight excluding hydrogens is 179 g/mol. The molecule has 13 heavy (non-hydrogen) atoms. The van der Waals surface area contributed by atoms with E-state index < -0.39 is 0 Å². The van der Waals surface area contributed by atoms with E-state index in [9.17, 15) is 4.79 Å². The van der Waals surface area contributed by atoms with Crippen molar-refractivity contribution in [2.75, 3.05) is 6.61 Å². The summed E-state index contributed by atoms with van der Waals surface area (Å²) in [7, 11) is 0. The molecule has 0 aromatic heterocycles. The van der Waals surface area contributed by atoms with Crippen LogP contribution in [0.2, 0.25) is 0 Å². The standard InChI is InChI=1S/C6H6O.C3H6O2.Na.H/c7-6-4-2-1-3-5-6;1-2-5-3-4;;/h1-5,7H;3H,2H2,1H3;;. The number of phenolic OH excluding ortho intramolecular Hbond substituents is 1. The van der Waals surface area contributed by atoms with Crippen molar-refractivity contribution in [2.24, 2.45) is 0 Å². The molecule has 0 aliphatic rings. The van der Waals surface area contributed by atoms with Crippen LogP contribution in [-0.2, 0) is 9.53 Å². The second-order valence-electron chi connectivity index (χ2n) is 1.89. The zero-order valence-electron chi connectivity index (χ0n) is 6.93. The number of ether oxygens (including phenoxy) is 1. The Morgan fingerprint density at radius 3 is 2.08 bits per heavy atom. The SMILES string of the molecule is CCOC=O.Oc1ccccc1.[NaH]. The first kappa shape index (κ1) is 15.0. The van der Waals surface area contributed by atoms with Crippen molar-refractivity contribution in [1.82, 2.24) is 0 Å². The Bertz CT molecular complexity index is 201. The van der Waals surface area contributed by atoms with E-state index in [1.54, 1.807) is 31.2 Å². The van der Waals surface area contributed by atoms with Crippen LogP contribution in [0.1, 0.15) is 6.92 Å². The Morgan fingerprint density at radius 2 is 1.92 bits per heavy atom. The van der Waals surface area contributed by atoms with Gasteiger partial charge in [-0.05, 0) is 19.1 Å². The van der Waals surface area contributed by atoms with Gasteiger partial charge in [-0.25, -0.2) is 0 Å². The molecule has 0 atom stereocenters. The molecule has 0 heterocycles. The summed E-state index contributed by atoms with van der Waals surface area (Å²) in [5.74, 6) is 0.322. The number of carbonyl (C=O) groups excluding carboxylic acids is 1. The molecule has 1 aromatic rings. The molecule has 1 N–H and O–H groups in total. The molecule has 0 bridgehead atoms. The van der Waals surface area contributed by atoms with Crippen molar-refractivity contribution in [3.8, 4) is 5.75 Å². The normalized spacial score (nSPS) is 7.15. The van der Waals surface area contributed by atoms with Gasteiger partial charge < -0.3 is 9.84 Å². The van der Waals surface area contributed by atoms with Crippen molar-refractivity contribution in [1.29, 1.82) is 0 Å². The molecule has 1 aromatic carbocycles. The Hall–Kier alpha value is -0.510. The van der Waals surface area contributed by atoms with E-state index >= 15 is 0 Å². The van der Waals surface area contributed by atoms with E-state index in [-0.39, 0.29) is 29.6 Å². The Labute approximate surface area is 100 Å². The first-order chi connectivity index (χ1) is 5.81. The maximum absolute atomic E-state index is 9.18. The van der Waals surface area contributed by atoms with Crippen LogP contribution < -0.4 is 0 Å². The van der Waals surface area contributed by atoms with Crippen LogP contribution in [-0.4, -0.2) is 47.7 Å². The van der Waals surface area contributed by atoms with Gasteiger partial charge in [0.25, 0.3) is 6.47 Å². The summed E-state index contributed by atoms with van der Waals surface area (Å²) >= 11 is 0. The van der Waals surface area contributed by atoms with Gasteiger partial charge in [0.2, 0.25) is 0 Å². The topological polar surface area (TPSA) is 46.5 Å². The van der Waals surface area contributed by atoms with E-state index in [1.807, 2.05) is 6.07 Å². The van der Waals surface area contributed by atoms with Crippen LogP contribution in [0, 0.1) is 0 Å². The molecule has 0 fully saturated rings. The van der Waals surface area contributed by atoms with Crippen LogP contribution in [0.15, 0.2) is 30.3 Å². The summed E-state index contributed by atoms with van der Waals surface area (Å²) in [5, 5.41) is 8.63. The molecule has 0 saturated heterocycles. The summed E-state index contributed by atoms with van der Waals surface area (Å²) in [6.45, 7) is 2.66. The summed E-state index contributed by atoms with van der Waals surface area (Å²) in [5.41, 5.74) is 0. The third-order valence-corrected chi connectivity index (χ3v) is 0.991. The third-order valence-electron chi connectivity index (χ3n) is 0.991. The van der Waals surface area contributed by atoms with E-state index in [0.29, 0.717) is 18.8 Å². The molecule has 0 radical (unpaired) electrons. The zero-order chi connectivity index (χ0) is 9.23. The van der Waals surface area contributed by atoms with Crippen molar-refractivity contribution in [3.63, 3.8) is 0 Å². The monoisotopic (exact) mass is 192 g/mol. The number of hydrogen-bond donors (Lipinski definition) is 1. The van der Waals surface area contributed by atoms with E-state index in [0.717, 1.165) is 0 Å². The average molecular weight is 192 g/mol. The molecule has 0 spiro atoms. The van der Waals surface area contributed by atoms with Crippen LogP contribution in [0.25, 0.3) is 0 Å². The summed E-state index contributed by atoms with van der Waals surface area (Å²) in [6.07, 6.45) is 0. The second-order valence-corrected chi connectivity index (χ2v) is 1.89. The average Bonchev–Trinajstić information content (AvgIpc) is 2.08. The molecule has 0 aliphatic carbocycles. The summed E-state index contributed by atoms with van der Waals surface area (Å²) in [6, 6.07) is 8.71. The zero-order valence-corrected chi connectivity index (χ0v) is 6.93. The molecule has 4 heteroatoms. The van der Waals surface area contributed by atoms with E-state index in [2.05, 4.69) is 4.74 Å². The van der Waals surface area contributed by atoms with Gasteiger partial charge in [0, 0.05) is 0 Å². The minimum atomic E-state index is 0. The van der Waals surface area contributed by atoms with Gasteiger partial charge in [-0.1, -0.05) is 18.2 Å². The molecule has 1 rings (SSSR count). The fourth-order valence-electron chi connectivity index (χ4n) is 0.496. The Morgan fingerprint density at radius 1 is 1.38 bits per heavy atom. The minimum absolute atomic E-state index is 0. The number of rotatable bonds is 2. The number of carbonyl (C=O) groups is 1. The van der Waals surface area contributed by atoms with E-state index in [4.69, 9.17) is 5.11 Å². The molecular formula is C9H13NaO3. The van der Waals surface area contributed by atoms with Crippen molar-refractivity contribution >= 4 is 36.0 Å². The van der Waals surface area contributed by atoms with Crippen LogP contribution in [0.5, 0.6) is 5.75 Å². The van der Waals surface area contributed by atoms with E-state index in [1.165, 1.54) is 0 Å². The van der Waals surface area contributed by atoms with Gasteiger partial charge in [0.05, 0.1) is 6.61 Å². The van der Waals surface area contributed by atoms with Crippen LogP contribution in [0.3, 0.4) is 0 Å². The van der Waals surface area contributed by atoms with Crippen molar-refractivity contribution in [2.45, 2.75) is 6.92 Å². The third kappa shape index (κ3) is 11.5. The Kier molecular flexibility index (Phi) is 13.2. The molecule has 68 valence electrons. The van der Waals surface area contributed by atoms with Gasteiger partial charge in [0.15, 0.2) is 0 Å². The van der Waals surface area contributed by atoms with Gasteiger partial charge in [-0.2, -0.15) is 0 Å². The fraction of sp³-hybridized carbons (Fsp3) is 0.222. The first-order valence-electron chi connectivity index (χ1n) is 3.60. The number of benzene rings is 1. The van der Waals surface area contributed by atoms with Crippen molar-refractivity contribution in [3.05, 3.63) is 30.3 Å².